The topological polar surface area (TPSA) is 83.1 Å². The molecule has 7 nitrogen and oxygen atoms in total. The minimum Gasteiger partial charge on any atom is -0.367 e. The molecule has 0 aromatic carbocycles. The summed E-state index contributed by atoms with van der Waals surface area (Å²) in [5.41, 5.74) is 3.26. The molecule has 2 aliphatic rings. The molecular weight excluding hydrogens is 326 g/mol. The number of rotatable bonds is 2. The number of morpholine rings is 1. The maximum Gasteiger partial charge on any atom is 0.318 e. The van der Waals surface area contributed by atoms with Gasteiger partial charge in [0.25, 0.3) is 0 Å². The molecule has 1 aliphatic carbocycles. The Bertz CT molecular complexity index is 728. The number of H-pyrrole nitrogens is 1. The molecule has 128 valence electrons. The van der Waals surface area contributed by atoms with Gasteiger partial charge in [-0.1, -0.05) is 0 Å². The summed E-state index contributed by atoms with van der Waals surface area (Å²) in [7, 11) is 0. The minimum atomic E-state index is -0.128. The van der Waals surface area contributed by atoms with Gasteiger partial charge in [-0.2, -0.15) is 5.10 Å². The first kappa shape index (κ1) is 15.6. The van der Waals surface area contributed by atoms with Crippen LogP contribution in [-0.2, 0) is 11.2 Å². The molecule has 1 fully saturated rings. The Kier molecular flexibility index (Phi) is 4.24. The van der Waals surface area contributed by atoms with E-state index in [0.29, 0.717) is 19.7 Å². The van der Waals surface area contributed by atoms with E-state index in [2.05, 4.69) is 20.5 Å². The second-order valence-electron chi connectivity index (χ2n) is 6.34. The summed E-state index contributed by atoms with van der Waals surface area (Å²) in [6, 6.07) is -0.0174. The zero-order chi connectivity index (χ0) is 16.5. The summed E-state index contributed by atoms with van der Waals surface area (Å²) >= 11 is 1.59. The minimum absolute atomic E-state index is 0.0205. The van der Waals surface area contributed by atoms with E-state index in [4.69, 9.17) is 4.74 Å². The zero-order valence-electron chi connectivity index (χ0n) is 13.6. The van der Waals surface area contributed by atoms with Crippen LogP contribution in [0.25, 0.3) is 0 Å². The Balaban J connectivity index is 1.42. The summed E-state index contributed by atoms with van der Waals surface area (Å²) in [4.78, 5) is 19.0. The van der Waals surface area contributed by atoms with Crippen LogP contribution in [0.15, 0.2) is 11.6 Å². The highest BCUT2D eigenvalue weighted by Crippen LogP contribution is 2.29. The first-order chi connectivity index (χ1) is 11.7. The fourth-order valence-electron chi connectivity index (χ4n) is 3.35. The Hall–Kier alpha value is -1.93. The molecule has 2 N–H and O–H groups in total. The molecule has 3 heterocycles. The Morgan fingerprint density at radius 1 is 1.54 bits per heavy atom. The van der Waals surface area contributed by atoms with E-state index < -0.39 is 0 Å². The normalized spacial score (nSPS) is 23.8. The van der Waals surface area contributed by atoms with Crippen LogP contribution in [0.2, 0.25) is 0 Å². The number of ether oxygens (including phenoxy) is 1. The van der Waals surface area contributed by atoms with E-state index in [1.807, 2.05) is 23.4 Å². The van der Waals surface area contributed by atoms with Gasteiger partial charge >= 0.3 is 6.03 Å². The summed E-state index contributed by atoms with van der Waals surface area (Å²) in [6.07, 6.45) is 4.78. The van der Waals surface area contributed by atoms with E-state index in [1.165, 1.54) is 5.56 Å². The first-order valence-electron chi connectivity index (χ1n) is 8.32. The summed E-state index contributed by atoms with van der Waals surface area (Å²) < 4.78 is 5.80. The zero-order valence-corrected chi connectivity index (χ0v) is 14.4. The van der Waals surface area contributed by atoms with E-state index in [1.54, 1.807) is 11.3 Å². The molecule has 1 aliphatic heterocycles. The number of amides is 2. The molecule has 2 atom stereocenters. The van der Waals surface area contributed by atoms with Crippen molar-refractivity contribution in [2.45, 2.75) is 38.3 Å². The van der Waals surface area contributed by atoms with Crippen molar-refractivity contribution in [1.29, 1.82) is 0 Å². The number of aromatic amines is 1. The van der Waals surface area contributed by atoms with Crippen molar-refractivity contribution in [1.82, 2.24) is 25.4 Å². The van der Waals surface area contributed by atoms with Crippen molar-refractivity contribution in [3.05, 3.63) is 33.5 Å². The SMILES string of the molecule is Cc1csc([C@@H]2CN(C(=O)N[C@H]3CCCc4cn[nH]c43)CCO2)n1. The number of nitrogens with one attached hydrogen (secondary N) is 2. The molecule has 0 radical (unpaired) electrons. The largest absolute Gasteiger partial charge is 0.367 e. The van der Waals surface area contributed by atoms with Crippen molar-refractivity contribution in [3.63, 3.8) is 0 Å². The fourth-order valence-corrected chi connectivity index (χ4v) is 4.19. The lowest BCUT2D eigenvalue weighted by molar-refractivity contribution is -0.0160. The summed E-state index contributed by atoms with van der Waals surface area (Å²) in [5.74, 6) is 0. The maximum atomic E-state index is 12.7. The number of thiazole rings is 1. The Morgan fingerprint density at radius 3 is 3.29 bits per heavy atom. The third kappa shape index (κ3) is 3.03. The molecule has 0 saturated carbocycles. The summed E-state index contributed by atoms with van der Waals surface area (Å²) in [5, 5.41) is 13.3. The lowest BCUT2D eigenvalue weighted by Crippen LogP contribution is -2.48. The second kappa shape index (κ2) is 6.52. The number of aryl methyl sites for hydroxylation is 2. The first-order valence-corrected chi connectivity index (χ1v) is 9.20. The number of hydrogen-bond acceptors (Lipinski definition) is 5. The Labute approximate surface area is 144 Å². The molecule has 8 heteroatoms. The van der Waals surface area contributed by atoms with Crippen LogP contribution < -0.4 is 5.32 Å². The van der Waals surface area contributed by atoms with Crippen LogP contribution in [0, 0.1) is 6.92 Å². The molecule has 2 amide bonds. The molecular formula is C16H21N5O2S. The van der Waals surface area contributed by atoms with Crippen LogP contribution in [0.5, 0.6) is 0 Å². The molecule has 24 heavy (non-hydrogen) atoms. The van der Waals surface area contributed by atoms with Gasteiger partial charge in [0.15, 0.2) is 0 Å². The third-order valence-corrected chi connectivity index (χ3v) is 5.66. The smallest absolute Gasteiger partial charge is 0.318 e. The number of hydrogen-bond donors (Lipinski definition) is 2. The van der Waals surface area contributed by atoms with Crippen molar-refractivity contribution in [2.24, 2.45) is 0 Å². The van der Waals surface area contributed by atoms with Gasteiger partial charge in [-0.15, -0.1) is 11.3 Å². The van der Waals surface area contributed by atoms with Gasteiger partial charge in [-0.3, -0.25) is 5.10 Å². The molecule has 4 rings (SSSR count). The van der Waals surface area contributed by atoms with Crippen LogP contribution >= 0.6 is 11.3 Å². The van der Waals surface area contributed by atoms with Crippen molar-refractivity contribution < 1.29 is 9.53 Å². The van der Waals surface area contributed by atoms with Crippen LogP contribution in [-0.4, -0.2) is 45.8 Å². The average molecular weight is 347 g/mol. The molecule has 1 saturated heterocycles. The van der Waals surface area contributed by atoms with E-state index >= 15 is 0 Å². The number of carbonyl (C=O) groups excluding carboxylic acids is 1. The summed E-state index contributed by atoms with van der Waals surface area (Å²) in [6.45, 7) is 3.66. The molecule has 0 spiro atoms. The molecule has 2 aromatic heterocycles. The van der Waals surface area contributed by atoms with E-state index in [-0.39, 0.29) is 18.2 Å². The highest BCUT2D eigenvalue weighted by molar-refractivity contribution is 7.09. The second-order valence-corrected chi connectivity index (χ2v) is 7.23. The van der Waals surface area contributed by atoms with Crippen LogP contribution in [0.4, 0.5) is 4.79 Å². The van der Waals surface area contributed by atoms with Gasteiger partial charge in [-0.05, 0) is 31.7 Å². The number of aromatic nitrogens is 3. The van der Waals surface area contributed by atoms with E-state index in [9.17, 15) is 4.79 Å². The molecule has 0 unspecified atom stereocenters. The monoisotopic (exact) mass is 347 g/mol. The predicted molar refractivity (Wildman–Crippen MR) is 89.9 cm³/mol. The number of urea groups is 1. The van der Waals surface area contributed by atoms with Gasteiger partial charge < -0.3 is 15.0 Å². The molecule has 2 aromatic rings. The van der Waals surface area contributed by atoms with Gasteiger partial charge in [-0.25, -0.2) is 9.78 Å². The lowest BCUT2D eigenvalue weighted by Gasteiger charge is -2.33. The van der Waals surface area contributed by atoms with Crippen LogP contribution in [0.1, 0.15) is 46.9 Å². The highest BCUT2D eigenvalue weighted by Gasteiger charge is 2.30. The van der Waals surface area contributed by atoms with Gasteiger partial charge in [0, 0.05) is 17.6 Å². The third-order valence-electron chi connectivity index (χ3n) is 4.60. The lowest BCUT2D eigenvalue weighted by atomic mass is 9.94. The fraction of sp³-hybridized carbons (Fsp3) is 0.562. The van der Waals surface area contributed by atoms with E-state index in [0.717, 1.165) is 35.7 Å². The van der Waals surface area contributed by atoms with Gasteiger partial charge in [0.2, 0.25) is 0 Å². The van der Waals surface area contributed by atoms with Gasteiger partial charge in [0.1, 0.15) is 11.1 Å². The van der Waals surface area contributed by atoms with Crippen LogP contribution in [0.3, 0.4) is 0 Å². The van der Waals surface area contributed by atoms with Gasteiger partial charge in [0.05, 0.1) is 31.1 Å². The van der Waals surface area contributed by atoms with Crippen molar-refractivity contribution >= 4 is 17.4 Å². The predicted octanol–water partition coefficient (Wildman–Crippen LogP) is 2.34. The maximum absolute atomic E-state index is 12.7. The number of carbonyl (C=O) groups is 1. The number of fused-ring (bicyclic) bond motifs is 1. The standard InChI is InChI=1S/C16H21N5O2S/c1-10-9-24-15(18-10)13-8-21(5-6-23-13)16(22)19-12-4-2-3-11-7-17-20-14(11)12/h7,9,12-13H,2-6,8H2,1H3,(H,17,20)(H,19,22)/t12-,13-/m0/s1. The highest BCUT2D eigenvalue weighted by atomic mass is 32.1. The van der Waals surface area contributed by atoms with Crippen molar-refractivity contribution in [3.8, 4) is 0 Å². The van der Waals surface area contributed by atoms with Crippen molar-refractivity contribution in [2.75, 3.05) is 19.7 Å². The number of nitrogens with zero attached hydrogens (tertiary/aromatic N) is 3. The Morgan fingerprint density at radius 2 is 2.46 bits per heavy atom. The average Bonchev–Trinajstić information content (AvgIpc) is 3.24. The molecule has 0 bridgehead atoms. The quantitative estimate of drug-likeness (QED) is 0.873.